The van der Waals surface area contributed by atoms with Crippen LogP contribution in [0.2, 0.25) is 0 Å². The summed E-state index contributed by atoms with van der Waals surface area (Å²) in [5.41, 5.74) is 1.16. The summed E-state index contributed by atoms with van der Waals surface area (Å²) in [6.07, 6.45) is 4.83. The lowest BCUT2D eigenvalue weighted by atomic mass is 9.94. The van der Waals surface area contributed by atoms with Crippen molar-refractivity contribution in [1.29, 1.82) is 0 Å². The van der Waals surface area contributed by atoms with Crippen LogP contribution in [0.5, 0.6) is 0 Å². The SMILES string of the molecule is CN=C(NCCc1csc(C)n1)NCCC1CCN(C)CC1. The number of aliphatic imine (C=N–C) groups is 1. The summed E-state index contributed by atoms with van der Waals surface area (Å²) < 4.78 is 0. The van der Waals surface area contributed by atoms with Gasteiger partial charge in [0.1, 0.15) is 0 Å². The van der Waals surface area contributed by atoms with Crippen LogP contribution in [0.4, 0.5) is 0 Å². The number of hydrogen-bond donors (Lipinski definition) is 2. The van der Waals surface area contributed by atoms with Crippen LogP contribution >= 0.6 is 11.3 Å². The molecule has 22 heavy (non-hydrogen) atoms. The second-order valence-electron chi connectivity index (χ2n) is 6.07. The van der Waals surface area contributed by atoms with E-state index in [9.17, 15) is 0 Å². The standard InChI is InChI=1S/C16H29N5S/c1-13-20-15(12-22-13)5-9-19-16(17-2)18-8-4-14-6-10-21(3)11-7-14/h12,14H,4-11H2,1-3H3,(H2,17,18,19). The maximum absolute atomic E-state index is 4.48. The molecule has 5 nitrogen and oxygen atoms in total. The summed E-state index contributed by atoms with van der Waals surface area (Å²) in [5, 5.41) is 10.1. The van der Waals surface area contributed by atoms with Gasteiger partial charge in [-0.3, -0.25) is 4.99 Å². The van der Waals surface area contributed by atoms with E-state index in [1.807, 2.05) is 14.0 Å². The smallest absolute Gasteiger partial charge is 0.190 e. The number of hydrogen-bond acceptors (Lipinski definition) is 4. The number of likely N-dealkylation sites (tertiary alicyclic amines) is 1. The minimum atomic E-state index is 0.861. The highest BCUT2D eigenvalue weighted by molar-refractivity contribution is 7.09. The van der Waals surface area contributed by atoms with E-state index in [1.54, 1.807) is 11.3 Å². The van der Waals surface area contributed by atoms with Gasteiger partial charge in [0, 0.05) is 31.9 Å². The molecule has 2 N–H and O–H groups in total. The first kappa shape index (κ1) is 17.2. The van der Waals surface area contributed by atoms with E-state index in [0.717, 1.165) is 42.1 Å². The first-order chi connectivity index (χ1) is 10.7. The third-order valence-corrected chi connectivity index (χ3v) is 5.07. The van der Waals surface area contributed by atoms with Crippen molar-refractivity contribution in [2.24, 2.45) is 10.9 Å². The molecule has 0 atom stereocenters. The van der Waals surface area contributed by atoms with Gasteiger partial charge in [0.15, 0.2) is 5.96 Å². The Bertz CT molecular complexity index is 463. The Morgan fingerprint density at radius 3 is 2.73 bits per heavy atom. The van der Waals surface area contributed by atoms with E-state index in [1.165, 1.54) is 32.4 Å². The molecule has 1 aliphatic rings. The maximum atomic E-state index is 4.48. The lowest BCUT2D eigenvalue weighted by Gasteiger charge is -2.29. The van der Waals surface area contributed by atoms with Gasteiger partial charge in [0.25, 0.3) is 0 Å². The summed E-state index contributed by atoms with van der Waals surface area (Å²) >= 11 is 1.71. The van der Waals surface area contributed by atoms with Crippen LogP contribution in [0.15, 0.2) is 10.4 Å². The molecule has 0 aliphatic carbocycles. The lowest BCUT2D eigenvalue weighted by Crippen LogP contribution is -2.40. The number of piperidine rings is 1. The van der Waals surface area contributed by atoms with Crippen molar-refractivity contribution in [3.8, 4) is 0 Å². The average molecular weight is 324 g/mol. The molecule has 0 amide bonds. The predicted molar refractivity (Wildman–Crippen MR) is 94.8 cm³/mol. The molecule has 0 unspecified atom stereocenters. The normalized spacial score (nSPS) is 17.7. The van der Waals surface area contributed by atoms with Gasteiger partial charge in [0.05, 0.1) is 10.7 Å². The summed E-state index contributed by atoms with van der Waals surface area (Å²) in [4.78, 5) is 11.2. The topological polar surface area (TPSA) is 52.6 Å². The molecule has 0 radical (unpaired) electrons. The van der Waals surface area contributed by atoms with E-state index < -0.39 is 0 Å². The zero-order chi connectivity index (χ0) is 15.8. The highest BCUT2D eigenvalue weighted by atomic mass is 32.1. The van der Waals surface area contributed by atoms with E-state index in [-0.39, 0.29) is 0 Å². The molecular weight excluding hydrogens is 294 g/mol. The molecule has 0 spiro atoms. The average Bonchev–Trinajstić information content (AvgIpc) is 2.93. The zero-order valence-corrected chi connectivity index (χ0v) is 14.9. The lowest BCUT2D eigenvalue weighted by molar-refractivity contribution is 0.213. The Balaban J connectivity index is 1.59. The first-order valence-electron chi connectivity index (χ1n) is 8.21. The molecule has 0 saturated carbocycles. The Morgan fingerprint density at radius 2 is 2.09 bits per heavy atom. The monoisotopic (exact) mass is 323 g/mol. The molecule has 0 aromatic carbocycles. The van der Waals surface area contributed by atoms with E-state index in [0.29, 0.717) is 0 Å². The summed E-state index contributed by atoms with van der Waals surface area (Å²) in [6, 6.07) is 0. The third-order valence-electron chi connectivity index (χ3n) is 4.25. The van der Waals surface area contributed by atoms with Crippen molar-refractivity contribution < 1.29 is 0 Å². The number of rotatable bonds is 6. The van der Waals surface area contributed by atoms with Crippen LogP contribution < -0.4 is 10.6 Å². The maximum Gasteiger partial charge on any atom is 0.190 e. The summed E-state index contributed by atoms with van der Waals surface area (Å²) in [7, 11) is 4.04. The summed E-state index contributed by atoms with van der Waals surface area (Å²) in [6.45, 7) is 6.40. The highest BCUT2D eigenvalue weighted by Gasteiger charge is 2.16. The van der Waals surface area contributed by atoms with Crippen LogP contribution in [0.3, 0.4) is 0 Å². The Kier molecular flexibility index (Phi) is 7.12. The van der Waals surface area contributed by atoms with Crippen LogP contribution in [0, 0.1) is 12.8 Å². The predicted octanol–water partition coefficient (Wildman–Crippen LogP) is 1.89. The van der Waals surface area contributed by atoms with Crippen LogP contribution in [-0.2, 0) is 6.42 Å². The second-order valence-corrected chi connectivity index (χ2v) is 7.13. The number of guanidine groups is 1. The fourth-order valence-corrected chi connectivity index (χ4v) is 3.45. The minimum Gasteiger partial charge on any atom is -0.356 e. The molecule has 1 aromatic heterocycles. The number of aryl methyl sites for hydroxylation is 1. The molecule has 2 heterocycles. The van der Waals surface area contributed by atoms with Gasteiger partial charge in [-0.15, -0.1) is 11.3 Å². The molecule has 2 rings (SSSR count). The van der Waals surface area contributed by atoms with Gasteiger partial charge < -0.3 is 15.5 Å². The minimum absolute atomic E-state index is 0.861. The van der Waals surface area contributed by atoms with Gasteiger partial charge in [-0.05, 0) is 52.2 Å². The van der Waals surface area contributed by atoms with Gasteiger partial charge in [-0.25, -0.2) is 4.98 Å². The molecular formula is C16H29N5S. The molecule has 6 heteroatoms. The number of nitrogens with zero attached hydrogens (tertiary/aromatic N) is 3. The first-order valence-corrected chi connectivity index (χ1v) is 9.09. The number of aromatic nitrogens is 1. The van der Waals surface area contributed by atoms with E-state index in [2.05, 4.69) is 37.9 Å². The molecule has 1 saturated heterocycles. The van der Waals surface area contributed by atoms with Crippen LogP contribution in [0.1, 0.15) is 30.0 Å². The highest BCUT2D eigenvalue weighted by Crippen LogP contribution is 2.18. The van der Waals surface area contributed by atoms with Crippen LogP contribution in [-0.4, -0.2) is 56.1 Å². The molecule has 1 aromatic rings. The number of nitrogens with one attached hydrogen (secondary N) is 2. The summed E-state index contributed by atoms with van der Waals surface area (Å²) in [5.74, 6) is 1.76. The van der Waals surface area contributed by atoms with Crippen LogP contribution in [0.25, 0.3) is 0 Å². The van der Waals surface area contributed by atoms with Crippen molar-refractivity contribution in [2.45, 2.75) is 32.6 Å². The van der Waals surface area contributed by atoms with Crippen molar-refractivity contribution in [3.63, 3.8) is 0 Å². The molecule has 1 aliphatic heterocycles. The fraction of sp³-hybridized carbons (Fsp3) is 0.750. The Morgan fingerprint density at radius 1 is 1.36 bits per heavy atom. The number of thiazole rings is 1. The van der Waals surface area contributed by atoms with Gasteiger partial charge in [0.2, 0.25) is 0 Å². The molecule has 1 fully saturated rings. The third kappa shape index (κ3) is 5.93. The van der Waals surface area contributed by atoms with Gasteiger partial charge >= 0.3 is 0 Å². The quantitative estimate of drug-likeness (QED) is 0.620. The fourth-order valence-electron chi connectivity index (χ4n) is 2.80. The van der Waals surface area contributed by atoms with Gasteiger partial charge in [-0.1, -0.05) is 0 Å². The van der Waals surface area contributed by atoms with Crippen molar-refractivity contribution in [1.82, 2.24) is 20.5 Å². The Labute approximate surface area is 138 Å². The molecule has 0 bridgehead atoms. The van der Waals surface area contributed by atoms with Crippen molar-refractivity contribution in [3.05, 3.63) is 16.1 Å². The largest absolute Gasteiger partial charge is 0.356 e. The van der Waals surface area contributed by atoms with Crippen molar-refractivity contribution >= 4 is 17.3 Å². The second kappa shape index (κ2) is 9.10. The van der Waals surface area contributed by atoms with E-state index in [4.69, 9.17) is 0 Å². The van der Waals surface area contributed by atoms with Crippen molar-refractivity contribution in [2.75, 3.05) is 40.3 Å². The Hall–Kier alpha value is -1.14. The molecule has 124 valence electrons. The van der Waals surface area contributed by atoms with Gasteiger partial charge in [-0.2, -0.15) is 0 Å². The van der Waals surface area contributed by atoms with E-state index >= 15 is 0 Å². The zero-order valence-electron chi connectivity index (χ0n) is 14.1.